The second-order valence-corrected chi connectivity index (χ2v) is 2.63. The molecule has 1 rings (SSSR count). The van der Waals surface area contributed by atoms with E-state index in [-0.39, 0.29) is 6.17 Å². The predicted molar refractivity (Wildman–Crippen MR) is 66.9 cm³/mol. The first-order valence-corrected chi connectivity index (χ1v) is 5.34. The number of hydrogen-bond donors (Lipinski definition) is 2. The third-order valence-electron chi connectivity index (χ3n) is 1.72. The van der Waals surface area contributed by atoms with Gasteiger partial charge in [-0.05, 0) is 18.7 Å². The van der Waals surface area contributed by atoms with E-state index < -0.39 is 0 Å². The highest BCUT2D eigenvalue weighted by Crippen LogP contribution is 2.12. The van der Waals surface area contributed by atoms with E-state index >= 15 is 0 Å². The van der Waals surface area contributed by atoms with Crippen molar-refractivity contribution in [3.05, 3.63) is 35.9 Å². The second-order valence-electron chi connectivity index (χ2n) is 2.63. The molecule has 0 radical (unpaired) electrons. The van der Waals surface area contributed by atoms with Gasteiger partial charge in [0.25, 0.3) is 0 Å². The van der Waals surface area contributed by atoms with Crippen LogP contribution in [0.15, 0.2) is 35.3 Å². The van der Waals surface area contributed by atoms with E-state index in [0.29, 0.717) is 6.67 Å². The lowest BCUT2D eigenvalue weighted by Crippen LogP contribution is -2.26. The molecule has 0 aliphatic heterocycles. The van der Waals surface area contributed by atoms with Gasteiger partial charge < -0.3 is 5.73 Å². The van der Waals surface area contributed by atoms with E-state index in [1.807, 2.05) is 51.1 Å². The van der Waals surface area contributed by atoms with Crippen LogP contribution in [0.3, 0.4) is 0 Å². The van der Waals surface area contributed by atoms with Gasteiger partial charge in [0.05, 0.1) is 0 Å². The molecule has 3 heteroatoms. The molecule has 0 saturated carbocycles. The Morgan fingerprint density at radius 2 is 1.93 bits per heavy atom. The summed E-state index contributed by atoms with van der Waals surface area (Å²) in [6, 6.07) is 10.0. The third-order valence-corrected chi connectivity index (χ3v) is 1.72. The number of nitrogens with two attached hydrogens (primary N) is 1. The molecule has 0 saturated heterocycles. The molecule has 0 aliphatic carbocycles. The summed E-state index contributed by atoms with van der Waals surface area (Å²) in [6.45, 7) is 6.32. The maximum absolute atomic E-state index is 5.41. The van der Waals surface area contributed by atoms with Crippen molar-refractivity contribution < 1.29 is 0 Å². The highest BCUT2D eigenvalue weighted by atomic mass is 15.1. The standard InChI is InChI=1S/C10H15N3.C2H6/c1-2-12-10(13-8-11)9-6-4-3-5-7-9;1-2/h2-7,10,13H,8,11H2,1H3;1-2H3/b12-2+;. The minimum Gasteiger partial charge on any atom is -0.318 e. The summed E-state index contributed by atoms with van der Waals surface area (Å²) in [5, 5.41) is 3.08. The molecule has 1 unspecified atom stereocenters. The van der Waals surface area contributed by atoms with E-state index in [1.54, 1.807) is 6.21 Å². The summed E-state index contributed by atoms with van der Waals surface area (Å²) in [6.07, 6.45) is 1.76. The Labute approximate surface area is 92.4 Å². The van der Waals surface area contributed by atoms with Crippen molar-refractivity contribution in [2.45, 2.75) is 26.9 Å². The van der Waals surface area contributed by atoms with Crippen molar-refractivity contribution in [3.8, 4) is 0 Å². The first-order chi connectivity index (χ1) is 7.38. The van der Waals surface area contributed by atoms with Crippen molar-refractivity contribution >= 4 is 6.21 Å². The number of benzene rings is 1. The maximum Gasteiger partial charge on any atom is 0.126 e. The number of aliphatic imine (C=N–C) groups is 1. The maximum atomic E-state index is 5.41. The minimum atomic E-state index is -0.0174. The molecule has 1 aromatic carbocycles. The Kier molecular flexibility index (Phi) is 8.63. The monoisotopic (exact) mass is 207 g/mol. The fraction of sp³-hybridized carbons (Fsp3) is 0.417. The number of nitrogens with zero attached hydrogens (tertiary/aromatic N) is 1. The van der Waals surface area contributed by atoms with Gasteiger partial charge in [-0.2, -0.15) is 0 Å². The SMILES string of the molecule is C/C=N/C(NCN)c1ccccc1.CC. The zero-order valence-corrected chi connectivity index (χ0v) is 9.77. The lowest BCUT2D eigenvalue weighted by molar-refractivity contribution is 0.569. The van der Waals surface area contributed by atoms with Gasteiger partial charge in [0.1, 0.15) is 6.17 Å². The van der Waals surface area contributed by atoms with E-state index in [1.165, 1.54) is 0 Å². The number of hydrogen-bond acceptors (Lipinski definition) is 3. The molecule has 0 amide bonds. The Balaban J connectivity index is 0.000000921. The molecule has 84 valence electrons. The summed E-state index contributed by atoms with van der Waals surface area (Å²) < 4.78 is 0. The molecule has 0 heterocycles. The Bertz CT molecular complexity index is 257. The average Bonchev–Trinajstić information content (AvgIpc) is 2.33. The van der Waals surface area contributed by atoms with E-state index in [0.717, 1.165) is 5.56 Å². The van der Waals surface area contributed by atoms with Crippen LogP contribution >= 0.6 is 0 Å². The van der Waals surface area contributed by atoms with E-state index in [4.69, 9.17) is 5.73 Å². The van der Waals surface area contributed by atoms with Gasteiger partial charge in [0.15, 0.2) is 0 Å². The smallest absolute Gasteiger partial charge is 0.126 e. The molecule has 3 nitrogen and oxygen atoms in total. The quantitative estimate of drug-likeness (QED) is 0.588. The zero-order chi connectivity index (χ0) is 11.5. The highest BCUT2D eigenvalue weighted by molar-refractivity contribution is 5.53. The molecular formula is C12H21N3. The second kappa shape index (κ2) is 9.37. The average molecular weight is 207 g/mol. The Morgan fingerprint density at radius 3 is 2.40 bits per heavy atom. The molecular weight excluding hydrogens is 186 g/mol. The fourth-order valence-electron chi connectivity index (χ4n) is 1.15. The summed E-state index contributed by atoms with van der Waals surface area (Å²) in [7, 11) is 0. The normalized spacial score (nSPS) is 12.0. The van der Waals surface area contributed by atoms with Crippen LogP contribution in [0.4, 0.5) is 0 Å². The van der Waals surface area contributed by atoms with Crippen molar-refractivity contribution in [1.82, 2.24) is 5.32 Å². The van der Waals surface area contributed by atoms with Crippen LogP contribution in [0.1, 0.15) is 32.5 Å². The predicted octanol–water partition coefficient (Wildman–Crippen LogP) is 2.31. The number of rotatable bonds is 4. The van der Waals surface area contributed by atoms with Crippen LogP contribution in [-0.4, -0.2) is 12.9 Å². The van der Waals surface area contributed by atoms with E-state index in [2.05, 4.69) is 10.3 Å². The molecule has 0 aliphatic rings. The van der Waals surface area contributed by atoms with Gasteiger partial charge in [0.2, 0.25) is 0 Å². The summed E-state index contributed by atoms with van der Waals surface area (Å²) >= 11 is 0. The summed E-state index contributed by atoms with van der Waals surface area (Å²) in [5.41, 5.74) is 6.54. The minimum absolute atomic E-state index is 0.0174. The molecule has 0 aromatic heterocycles. The van der Waals surface area contributed by atoms with Gasteiger partial charge in [0, 0.05) is 6.67 Å². The lowest BCUT2D eigenvalue weighted by atomic mass is 10.2. The molecule has 0 fully saturated rings. The summed E-state index contributed by atoms with van der Waals surface area (Å²) in [5.74, 6) is 0. The van der Waals surface area contributed by atoms with Crippen molar-refractivity contribution in [2.24, 2.45) is 10.7 Å². The van der Waals surface area contributed by atoms with Gasteiger partial charge in [-0.1, -0.05) is 44.2 Å². The first-order valence-electron chi connectivity index (χ1n) is 5.34. The number of nitrogens with one attached hydrogen (secondary N) is 1. The molecule has 0 spiro atoms. The summed E-state index contributed by atoms with van der Waals surface area (Å²) in [4.78, 5) is 4.27. The fourth-order valence-corrected chi connectivity index (χ4v) is 1.15. The molecule has 1 aromatic rings. The van der Waals surface area contributed by atoms with Crippen LogP contribution in [0, 0.1) is 0 Å². The highest BCUT2D eigenvalue weighted by Gasteiger charge is 2.04. The van der Waals surface area contributed by atoms with Crippen LogP contribution in [0.2, 0.25) is 0 Å². The Morgan fingerprint density at radius 1 is 1.33 bits per heavy atom. The van der Waals surface area contributed by atoms with Crippen LogP contribution < -0.4 is 11.1 Å². The van der Waals surface area contributed by atoms with Gasteiger partial charge in [-0.15, -0.1) is 0 Å². The van der Waals surface area contributed by atoms with Crippen molar-refractivity contribution in [3.63, 3.8) is 0 Å². The first kappa shape index (κ1) is 13.8. The van der Waals surface area contributed by atoms with E-state index in [9.17, 15) is 0 Å². The molecule has 3 N–H and O–H groups in total. The van der Waals surface area contributed by atoms with Crippen molar-refractivity contribution in [2.75, 3.05) is 6.67 Å². The zero-order valence-electron chi connectivity index (χ0n) is 9.77. The molecule has 0 bridgehead atoms. The molecule has 15 heavy (non-hydrogen) atoms. The lowest BCUT2D eigenvalue weighted by Gasteiger charge is -2.12. The largest absolute Gasteiger partial charge is 0.318 e. The van der Waals surface area contributed by atoms with Gasteiger partial charge in [-0.25, -0.2) is 0 Å². The van der Waals surface area contributed by atoms with Crippen LogP contribution in [-0.2, 0) is 0 Å². The topological polar surface area (TPSA) is 50.4 Å². The third kappa shape index (κ3) is 5.30. The molecule has 1 atom stereocenters. The van der Waals surface area contributed by atoms with Gasteiger partial charge >= 0.3 is 0 Å². The van der Waals surface area contributed by atoms with Crippen LogP contribution in [0.5, 0.6) is 0 Å². The van der Waals surface area contributed by atoms with Crippen LogP contribution in [0.25, 0.3) is 0 Å². The van der Waals surface area contributed by atoms with Gasteiger partial charge in [-0.3, -0.25) is 10.3 Å². The van der Waals surface area contributed by atoms with Crippen molar-refractivity contribution in [1.29, 1.82) is 0 Å². The Hall–Kier alpha value is -1.19.